The normalized spacial score (nSPS) is 13.1. The molecule has 0 fully saturated rings. The first-order valence-electron chi connectivity index (χ1n) is 16.0. The van der Waals surface area contributed by atoms with Gasteiger partial charge in [0.2, 0.25) is 0 Å². The largest absolute Gasteiger partial charge is 0.310 e. The molecule has 3 heteroatoms. The third-order valence-corrected chi connectivity index (χ3v) is 9.58. The van der Waals surface area contributed by atoms with Crippen molar-refractivity contribution < 1.29 is 0 Å². The van der Waals surface area contributed by atoms with Gasteiger partial charge in [-0.2, -0.15) is 0 Å². The van der Waals surface area contributed by atoms with E-state index in [1.807, 2.05) is 0 Å². The van der Waals surface area contributed by atoms with Crippen molar-refractivity contribution in [3.63, 3.8) is 0 Å². The minimum absolute atomic E-state index is 0.337. The summed E-state index contributed by atoms with van der Waals surface area (Å²) in [6.07, 6.45) is 0. The summed E-state index contributed by atoms with van der Waals surface area (Å²) in [5, 5.41) is 0. The number of halogens is 1. The van der Waals surface area contributed by atoms with Crippen molar-refractivity contribution in [2.75, 3.05) is 9.80 Å². The van der Waals surface area contributed by atoms with E-state index in [2.05, 4.69) is 209 Å². The number of para-hydroxylation sites is 2. The highest BCUT2D eigenvalue weighted by Gasteiger charge is 2.27. The second-order valence-electron chi connectivity index (χ2n) is 12.0. The van der Waals surface area contributed by atoms with Gasteiger partial charge in [0, 0.05) is 44.5 Å². The fraction of sp³-hybridized carbons (Fsp3) is 0.0455. The van der Waals surface area contributed by atoms with Crippen molar-refractivity contribution in [2.45, 2.75) is 12.8 Å². The molecule has 2 nitrogen and oxygen atoms in total. The Morgan fingerprint density at radius 1 is 0.383 bits per heavy atom. The molecule has 1 unspecified atom stereocenters. The number of benzene rings is 7. The van der Waals surface area contributed by atoms with E-state index in [0.29, 0.717) is 5.92 Å². The van der Waals surface area contributed by atoms with E-state index in [4.69, 9.17) is 0 Å². The van der Waals surface area contributed by atoms with E-state index in [1.54, 1.807) is 0 Å². The lowest BCUT2D eigenvalue weighted by atomic mass is 9.98. The van der Waals surface area contributed by atoms with Crippen LogP contribution in [-0.2, 0) is 0 Å². The number of rotatable bonds is 7. The number of fused-ring (bicyclic) bond motifs is 3. The molecule has 0 radical (unpaired) electrons. The van der Waals surface area contributed by atoms with E-state index in [0.717, 1.165) is 38.6 Å². The summed E-state index contributed by atoms with van der Waals surface area (Å²) in [6.45, 7) is 2.32. The summed E-state index contributed by atoms with van der Waals surface area (Å²) in [6, 6.07) is 63.1. The third-order valence-electron chi connectivity index (χ3n) is 9.12. The Balaban J connectivity index is 1.26. The standard InChI is InChI=1S/C44H33BrN2/c1-31-41-19-11-12-20-42(41)43-26-25-38(30-44(31)43)47(36-17-9-4-10-18-36)40-28-34(45)27-39(29-40)46(35-15-7-3-8-16-35)37-23-21-33(22-24-37)32-13-5-2-6-14-32/h2-31H,1H3. The average Bonchev–Trinajstić information content (AvgIpc) is 3.41. The molecule has 0 aromatic heterocycles. The first kappa shape index (κ1) is 29.1. The topological polar surface area (TPSA) is 6.48 Å². The van der Waals surface area contributed by atoms with Gasteiger partial charge in [-0.05, 0) is 100 Å². The molecule has 0 saturated heterocycles. The van der Waals surface area contributed by atoms with E-state index in [1.165, 1.54) is 33.4 Å². The van der Waals surface area contributed by atoms with Crippen LogP contribution in [0.2, 0.25) is 0 Å². The number of hydrogen-bond donors (Lipinski definition) is 0. The lowest BCUT2D eigenvalue weighted by molar-refractivity contribution is 0.956. The maximum Gasteiger partial charge on any atom is 0.0493 e. The maximum atomic E-state index is 3.91. The summed E-state index contributed by atoms with van der Waals surface area (Å²) in [5.74, 6) is 0.337. The molecule has 0 aliphatic heterocycles. The Kier molecular flexibility index (Phi) is 7.68. The Hall–Kier alpha value is -5.38. The van der Waals surface area contributed by atoms with Crippen LogP contribution in [0.3, 0.4) is 0 Å². The van der Waals surface area contributed by atoms with Gasteiger partial charge in [-0.25, -0.2) is 0 Å². The third kappa shape index (κ3) is 5.54. The first-order chi connectivity index (χ1) is 23.1. The van der Waals surface area contributed by atoms with Gasteiger partial charge in [0.15, 0.2) is 0 Å². The van der Waals surface area contributed by atoms with Crippen LogP contribution in [0.5, 0.6) is 0 Å². The van der Waals surface area contributed by atoms with Crippen LogP contribution in [0, 0.1) is 0 Å². The number of anilines is 6. The number of nitrogens with zero attached hydrogens (tertiary/aromatic N) is 2. The maximum absolute atomic E-state index is 3.91. The lowest BCUT2D eigenvalue weighted by Gasteiger charge is -2.30. The smallest absolute Gasteiger partial charge is 0.0493 e. The fourth-order valence-electron chi connectivity index (χ4n) is 6.88. The molecule has 0 spiro atoms. The molecule has 0 amide bonds. The highest BCUT2D eigenvalue weighted by Crippen LogP contribution is 2.48. The molecule has 8 rings (SSSR count). The predicted octanol–water partition coefficient (Wildman–Crippen LogP) is 13.2. The minimum atomic E-state index is 0.337. The Bertz CT molecular complexity index is 2160. The molecular weight excluding hydrogens is 636 g/mol. The SMILES string of the molecule is CC1c2ccccc2-c2ccc(N(c3ccccc3)c3cc(Br)cc(N(c4ccccc4)c4ccc(-c5ccccc5)cc4)c3)cc21. The second kappa shape index (κ2) is 12.4. The molecule has 226 valence electrons. The van der Waals surface area contributed by atoms with Crippen molar-refractivity contribution in [1.82, 2.24) is 0 Å². The van der Waals surface area contributed by atoms with Gasteiger partial charge in [0.05, 0.1) is 0 Å². The fourth-order valence-corrected chi connectivity index (χ4v) is 7.35. The number of hydrogen-bond acceptors (Lipinski definition) is 2. The molecule has 7 aromatic rings. The highest BCUT2D eigenvalue weighted by atomic mass is 79.9. The van der Waals surface area contributed by atoms with E-state index >= 15 is 0 Å². The molecule has 0 heterocycles. The molecule has 0 bridgehead atoms. The van der Waals surface area contributed by atoms with Crippen molar-refractivity contribution in [1.29, 1.82) is 0 Å². The lowest BCUT2D eigenvalue weighted by Crippen LogP contribution is -2.13. The zero-order chi connectivity index (χ0) is 31.7. The Morgan fingerprint density at radius 2 is 0.851 bits per heavy atom. The van der Waals surface area contributed by atoms with Gasteiger partial charge in [0.25, 0.3) is 0 Å². The summed E-state index contributed by atoms with van der Waals surface area (Å²) in [7, 11) is 0. The van der Waals surface area contributed by atoms with Gasteiger partial charge in [-0.3, -0.25) is 0 Å². The summed E-state index contributed by atoms with van der Waals surface area (Å²) in [4.78, 5) is 4.69. The first-order valence-corrected chi connectivity index (χ1v) is 16.8. The molecule has 0 N–H and O–H groups in total. The van der Waals surface area contributed by atoms with Gasteiger partial charge in [-0.15, -0.1) is 0 Å². The quantitative estimate of drug-likeness (QED) is 0.167. The van der Waals surface area contributed by atoms with E-state index in [-0.39, 0.29) is 0 Å². The van der Waals surface area contributed by atoms with Crippen LogP contribution in [0.15, 0.2) is 180 Å². The van der Waals surface area contributed by atoms with Gasteiger partial charge >= 0.3 is 0 Å². The molecule has 7 aromatic carbocycles. The van der Waals surface area contributed by atoms with Crippen LogP contribution in [0.1, 0.15) is 24.0 Å². The average molecular weight is 670 g/mol. The second-order valence-corrected chi connectivity index (χ2v) is 12.9. The van der Waals surface area contributed by atoms with Crippen molar-refractivity contribution in [3.05, 3.63) is 192 Å². The van der Waals surface area contributed by atoms with Crippen LogP contribution in [0.25, 0.3) is 22.3 Å². The van der Waals surface area contributed by atoms with Crippen molar-refractivity contribution in [3.8, 4) is 22.3 Å². The molecule has 1 aliphatic carbocycles. The monoisotopic (exact) mass is 668 g/mol. The predicted molar refractivity (Wildman–Crippen MR) is 202 cm³/mol. The van der Waals surface area contributed by atoms with Crippen LogP contribution in [-0.4, -0.2) is 0 Å². The molecule has 47 heavy (non-hydrogen) atoms. The zero-order valence-electron chi connectivity index (χ0n) is 26.1. The summed E-state index contributed by atoms with van der Waals surface area (Å²) < 4.78 is 1.01. The van der Waals surface area contributed by atoms with Gasteiger partial charge in [0.1, 0.15) is 0 Å². The Morgan fingerprint density at radius 3 is 1.49 bits per heavy atom. The minimum Gasteiger partial charge on any atom is -0.310 e. The van der Waals surface area contributed by atoms with Crippen molar-refractivity contribution in [2.24, 2.45) is 0 Å². The van der Waals surface area contributed by atoms with Crippen molar-refractivity contribution >= 4 is 50.1 Å². The molecule has 1 aliphatic rings. The van der Waals surface area contributed by atoms with Gasteiger partial charge < -0.3 is 9.80 Å². The zero-order valence-corrected chi connectivity index (χ0v) is 27.7. The Labute approximate surface area is 285 Å². The molecule has 1 atom stereocenters. The van der Waals surface area contributed by atoms with E-state index in [9.17, 15) is 0 Å². The van der Waals surface area contributed by atoms with E-state index < -0.39 is 0 Å². The molecule has 0 saturated carbocycles. The highest BCUT2D eigenvalue weighted by molar-refractivity contribution is 9.10. The summed E-state index contributed by atoms with van der Waals surface area (Å²) in [5.41, 5.74) is 14.4. The van der Waals surface area contributed by atoms with Gasteiger partial charge in [-0.1, -0.05) is 132 Å². The van der Waals surface area contributed by atoms with Crippen LogP contribution < -0.4 is 9.80 Å². The molecular formula is C44H33BrN2. The van der Waals surface area contributed by atoms with Crippen LogP contribution in [0.4, 0.5) is 34.1 Å². The summed E-state index contributed by atoms with van der Waals surface area (Å²) >= 11 is 3.91. The van der Waals surface area contributed by atoms with Crippen LogP contribution >= 0.6 is 15.9 Å².